The van der Waals surface area contributed by atoms with Crippen molar-refractivity contribution in [2.24, 2.45) is 5.11 Å². The van der Waals surface area contributed by atoms with Gasteiger partial charge < -0.3 is 9.64 Å². The lowest BCUT2D eigenvalue weighted by atomic mass is 10.0. The molecule has 2 aromatic carbocycles. The van der Waals surface area contributed by atoms with Crippen molar-refractivity contribution in [2.75, 3.05) is 19.1 Å². The van der Waals surface area contributed by atoms with E-state index in [9.17, 15) is 9.59 Å². The summed E-state index contributed by atoms with van der Waals surface area (Å²) in [4.78, 5) is 33.6. The number of azide groups is 1. The monoisotopic (exact) mass is 421 g/mol. The molecule has 0 saturated heterocycles. The van der Waals surface area contributed by atoms with Crippen LogP contribution in [0.2, 0.25) is 5.02 Å². The maximum atomic E-state index is 12.8. The normalized spacial score (nSPS) is 10.1. The van der Waals surface area contributed by atoms with Gasteiger partial charge in [-0.15, -0.1) is 0 Å². The van der Waals surface area contributed by atoms with Gasteiger partial charge in [0.05, 0.1) is 30.2 Å². The van der Waals surface area contributed by atoms with E-state index in [1.807, 2.05) is 24.1 Å². The highest BCUT2D eigenvalue weighted by Gasteiger charge is 2.17. The van der Waals surface area contributed by atoms with Crippen LogP contribution in [0.15, 0.2) is 65.9 Å². The van der Waals surface area contributed by atoms with Crippen LogP contribution >= 0.6 is 11.6 Å². The lowest BCUT2D eigenvalue weighted by Gasteiger charge is -2.19. The summed E-state index contributed by atoms with van der Waals surface area (Å²) in [5.41, 5.74) is 10.8. The number of methoxy groups -OCH3 is 1. The second kappa shape index (κ2) is 9.09. The molecule has 0 aliphatic heterocycles. The number of ether oxygens (including phenoxy) is 1. The molecule has 0 amide bonds. The Hall–Kier alpha value is -3.87. The van der Waals surface area contributed by atoms with Crippen LogP contribution in [0.5, 0.6) is 0 Å². The quantitative estimate of drug-likeness (QED) is 0.172. The van der Waals surface area contributed by atoms with Crippen LogP contribution in [0.4, 0.5) is 17.1 Å². The Labute approximate surface area is 177 Å². The molecular formula is C21H16ClN5O3. The minimum absolute atomic E-state index is 0.000224. The molecule has 0 saturated carbocycles. The molecule has 0 unspecified atom stereocenters. The van der Waals surface area contributed by atoms with E-state index in [-0.39, 0.29) is 28.3 Å². The molecule has 1 aromatic heterocycles. The predicted molar refractivity (Wildman–Crippen MR) is 114 cm³/mol. The molecule has 8 nitrogen and oxygen atoms in total. The second-order valence-corrected chi connectivity index (χ2v) is 6.62. The first kappa shape index (κ1) is 20.9. The van der Waals surface area contributed by atoms with E-state index < -0.39 is 5.97 Å². The van der Waals surface area contributed by atoms with Gasteiger partial charge in [0.1, 0.15) is 5.69 Å². The SMILES string of the molecule is COC(=O)c1cc(C(=O)c2ccc(N(C)c3ccc(Cl)cc3)cn2)ccc1N=[N+]=[N-]. The molecule has 0 aliphatic rings. The maximum absolute atomic E-state index is 12.8. The zero-order valence-corrected chi connectivity index (χ0v) is 16.9. The molecule has 150 valence electrons. The lowest BCUT2D eigenvalue weighted by Crippen LogP contribution is -2.11. The number of carbonyl (C=O) groups is 2. The topological polar surface area (TPSA) is 108 Å². The van der Waals surface area contributed by atoms with Crippen molar-refractivity contribution in [3.63, 3.8) is 0 Å². The van der Waals surface area contributed by atoms with E-state index in [0.717, 1.165) is 11.4 Å². The van der Waals surface area contributed by atoms with Crippen LogP contribution in [-0.2, 0) is 4.74 Å². The number of aromatic nitrogens is 1. The summed E-state index contributed by atoms with van der Waals surface area (Å²) >= 11 is 5.92. The first-order valence-electron chi connectivity index (χ1n) is 8.72. The third-order valence-electron chi connectivity index (χ3n) is 4.40. The van der Waals surface area contributed by atoms with Crippen molar-refractivity contribution in [1.82, 2.24) is 4.98 Å². The van der Waals surface area contributed by atoms with Gasteiger partial charge in [-0.25, -0.2) is 4.79 Å². The molecule has 0 spiro atoms. The van der Waals surface area contributed by atoms with E-state index in [1.54, 1.807) is 30.5 Å². The van der Waals surface area contributed by atoms with Gasteiger partial charge >= 0.3 is 5.97 Å². The molecular weight excluding hydrogens is 406 g/mol. The molecule has 0 atom stereocenters. The Morgan fingerprint density at radius 3 is 2.40 bits per heavy atom. The van der Waals surface area contributed by atoms with E-state index in [4.69, 9.17) is 21.9 Å². The third-order valence-corrected chi connectivity index (χ3v) is 4.65. The minimum atomic E-state index is -0.708. The van der Waals surface area contributed by atoms with Gasteiger partial charge in [0.25, 0.3) is 0 Å². The van der Waals surface area contributed by atoms with Crippen LogP contribution < -0.4 is 4.90 Å². The van der Waals surface area contributed by atoms with Crippen LogP contribution in [-0.4, -0.2) is 30.9 Å². The number of hydrogen-bond acceptors (Lipinski definition) is 6. The number of nitrogens with zero attached hydrogens (tertiary/aromatic N) is 5. The van der Waals surface area contributed by atoms with Crippen molar-refractivity contribution in [1.29, 1.82) is 0 Å². The second-order valence-electron chi connectivity index (χ2n) is 6.18. The average molecular weight is 422 g/mol. The molecule has 0 radical (unpaired) electrons. The molecule has 0 aliphatic carbocycles. The van der Waals surface area contributed by atoms with Crippen molar-refractivity contribution < 1.29 is 14.3 Å². The summed E-state index contributed by atoms with van der Waals surface area (Å²) in [6.07, 6.45) is 1.58. The summed E-state index contributed by atoms with van der Waals surface area (Å²) in [6.45, 7) is 0. The minimum Gasteiger partial charge on any atom is -0.465 e. The molecule has 3 rings (SSSR count). The Bertz CT molecular complexity index is 1140. The molecule has 1 heterocycles. The van der Waals surface area contributed by atoms with Gasteiger partial charge in [-0.2, -0.15) is 0 Å². The van der Waals surface area contributed by atoms with E-state index in [1.165, 1.54) is 25.3 Å². The van der Waals surface area contributed by atoms with Crippen molar-refractivity contribution in [2.45, 2.75) is 0 Å². The summed E-state index contributed by atoms with van der Waals surface area (Å²) in [5, 5.41) is 4.10. The standard InChI is InChI=1S/C21H16ClN5O3/c1-27(15-6-4-14(22)5-7-15)16-8-10-19(24-12-16)20(28)13-3-9-18(25-26-23)17(11-13)21(29)30-2/h3-12H,1-2H3. The van der Waals surface area contributed by atoms with Crippen LogP contribution in [0.3, 0.4) is 0 Å². The van der Waals surface area contributed by atoms with Crippen molar-refractivity contribution in [3.8, 4) is 0 Å². The summed E-state index contributed by atoms with van der Waals surface area (Å²) in [7, 11) is 3.08. The van der Waals surface area contributed by atoms with Gasteiger partial charge in [0, 0.05) is 28.2 Å². The average Bonchev–Trinajstić information content (AvgIpc) is 2.78. The number of esters is 1. The highest BCUT2D eigenvalue weighted by Crippen LogP contribution is 2.26. The summed E-state index contributed by atoms with van der Waals surface area (Å²) in [5.74, 6) is -1.09. The first-order chi connectivity index (χ1) is 14.4. The van der Waals surface area contributed by atoms with Gasteiger partial charge in [-0.1, -0.05) is 28.8 Å². The number of anilines is 2. The number of carbonyl (C=O) groups excluding carboxylic acids is 2. The predicted octanol–water partition coefficient (Wildman–Crippen LogP) is 5.46. The Balaban J connectivity index is 1.87. The molecule has 0 bridgehead atoms. The highest BCUT2D eigenvalue weighted by atomic mass is 35.5. The van der Waals surface area contributed by atoms with E-state index in [0.29, 0.717) is 5.02 Å². The van der Waals surface area contributed by atoms with Crippen LogP contribution in [0.25, 0.3) is 10.4 Å². The van der Waals surface area contributed by atoms with Gasteiger partial charge in [0.2, 0.25) is 5.78 Å². The number of halogens is 1. The molecule has 0 N–H and O–H groups in total. The Kier molecular flexibility index (Phi) is 6.32. The zero-order valence-electron chi connectivity index (χ0n) is 16.1. The Morgan fingerprint density at radius 2 is 1.80 bits per heavy atom. The molecule has 3 aromatic rings. The molecule has 0 fully saturated rings. The molecule has 30 heavy (non-hydrogen) atoms. The van der Waals surface area contributed by atoms with Crippen molar-refractivity contribution >= 4 is 40.4 Å². The first-order valence-corrected chi connectivity index (χ1v) is 9.10. The fraction of sp³-hybridized carbons (Fsp3) is 0.0952. The maximum Gasteiger partial charge on any atom is 0.338 e. The largest absolute Gasteiger partial charge is 0.465 e. The lowest BCUT2D eigenvalue weighted by molar-refractivity contribution is 0.0601. The van der Waals surface area contributed by atoms with Crippen LogP contribution in [0.1, 0.15) is 26.4 Å². The van der Waals surface area contributed by atoms with Crippen molar-refractivity contribution in [3.05, 3.63) is 93.1 Å². The van der Waals surface area contributed by atoms with E-state index in [2.05, 4.69) is 15.0 Å². The molecule has 9 heteroatoms. The van der Waals surface area contributed by atoms with E-state index >= 15 is 0 Å². The van der Waals surface area contributed by atoms with Gasteiger partial charge in [-0.3, -0.25) is 9.78 Å². The fourth-order valence-electron chi connectivity index (χ4n) is 2.77. The smallest absolute Gasteiger partial charge is 0.338 e. The van der Waals surface area contributed by atoms with Crippen LogP contribution in [0, 0.1) is 0 Å². The summed E-state index contributed by atoms with van der Waals surface area (Å²) in [6, 6.07) is 14.9. The number of benzene rings is 2. The fourth-order valence-corrected chi connectivity index (χ4v) is 2.89. The number of hydrogen-bond donors (Lipinski definition) is 0. The third kappa shape index (κ3) is 4.41. The Morgan fingerprint density at radius 1 is 1.10 bits per heavy atom. The van der Waals surface area contributed by atoms with Gasteiger partial charge in [-0.05, 0) is 48.0 Å². The zero-order chi connectivity index (χ0) is 21.7. The number of pyridine rings is 1. The summed E-state index contributed by atoms with van der Waals surface area (Å²) < 4.78 is 4.69. The number of ketones is 1. The number of rotatable bonds is 6. The highest BCUT2D eigenvalue weighted by molar-refractivity contribution is 6.30. The van der Waals surface area contributed by atoms with Gasteiger partial charge in [0.15, 0.2) is 0 Å².